The molecule has 18 heavy (non-hydrogen) atoms. The molecule has 0 fully saturated rings. The maximum atomic E-state index is 5.33. The highest BCUT2D eigenvalue weighted by Crippen LogP contribution is 2.11. The lowest BCUT2D eigenvalue weighted by Crippen LogP contribution is -2.37. The van der Waals surface area contributed by atoms with E-state index in [1.165, 1.54) is 5.69 Å². The van der Waals surface area contributed by atoms with Gasteiger partial charge < -0.3 is 21.4 Å². The molecule has 0 spiro atoms. The monoisotopic (exact) mass is 286 g/mol. The smallest absolute Gasteiger partial charge is 0.198 e. The van der Waals surface area contributed by atoms with E-state index in [0.717, 1.165) is 23.7 Å². The van der Waals surface area contributed by atoms with E-state index in [4.69, 9.17) is 18.0 Å². The Labute approximate surface area is 116 Å². The van der Waals surface area contributed by atoms with Crippen molar-refractivity contribution in [3.63, 3.8) is 0 Å². The number of nitrogens with zero attached hydrogens (tertiary/aromatic N) is 2. The van der Waals surface area contributed by atoms with E-state index in [0.29, 0.717) is 5.96 Å². The number of aryl methyl sites for hydroxylation is 1. The minimum Gasteiger partial charge on any atom is -0.374 e. The molecular formula is C10H18N6S2. The summed E-state index contributed by atoms with van der Waals surface area (Å²) in [7, 11) is 1.77. The minimum absolute atomic E-state index is 0.118. The van der Waals surface area contributed by atoms with E-state index in [1.807, 2.05) is 18.7 Å². The summed E-state index contributed by atoms with van der Waals surface area (Å²) in [5.41, 5.74) is 7.56. The molecule has 1 aromatic heterocycles. The van der Waals surface area contributed by atoms with Gasteiger partial charge in [-0.1, -0.05) is 0 Å². The van der Waals surface area contributed by atoms with Gasteiger partial charge in [-0.15, -0.1) is 0 Å². The number of imidazole rings is 1. The Hall–Kier alpha value is -1.28. The number of guanidine groups is 1. The number of hydrogen-bond donors (Lipinski definition) is 4. The highest BCUT2D eigenvalue weighted by molar-refractivity contribution is 7.98. The van der Waals surface area contributed by atoms with Gasteiger partial charge in [0, 0.05) is 30.8 Å². The van der Waals surface area contributed by atoms with Crippen molar-refractivity contribution in [3.05, 3.63) is 17.7 Å². The molecule has 0 aromatic carbocycles. The summed E-state index contributed by atoms with van der Waals surface area (Å²) in [4.78, 5) is 11.2. The first-order chi connectivity index (χ1) is 8.63. The summed E-state index contributed by atoms with van der Waals surface area (Å²) in [6.45, 7) is 2.79. The molecule has 8 heteroatoms. The van der Waals surface area contributed by atoms with Crippen molar-refractivity contribution < 1.29 is 0 Å². The van der Waals surface area contributed by atoms with E-state index in [9.17, 15) is 0 Å². The first kappa shape index (κ1) is 14.8. The molecule has 0 saturated carbocycles. The van der Waals surface area contributed by atoms with Crippen LogP contribution < -0.4 is 16.4 Å². The second kappa shape index (κ2) is 7.93. The molecule has 0 amide bonds. The van der Waals surface area contributed by atoms with Crippen LogP contribution in [0.1, 0.15) is 11.4 Å². The van der Waals surface area contributed by atoms with Crippen LogP contribution >= 0.6 is 24.0 Å². The number of thiocarbonyl (C=S) groups is 1. The molecule has 1 rings (SSSR count). The van der Waals surface area contributed by atoms with Gasteiger partial charge in [-0.25, -0.2) is 4.98 Å². The van der Waals surface area contributed by atoms with E-state index in [1.54, 1.807) is 13.4 Å². The zero-order valence-corrected chi connectivity index (χ0v) is 12.1. The lowest BCUT2D eigenvalue weighted by molar-refractivity contribution is 0.919. The van der Waals surface area contributed by atoms with Gasteiger partial charge in [-0.05, 0) is 19.1 Å². The Morgan fingerprint density at radius 2 is 2.44 bits per heavy atom. The van der Waals surface area contributed by atoms with Gasteiger partial charge in [-0.3, -0.25) is 0 Å². The molecule has 100 valence electrons. The van der Waals surface area contributed by atoms with Gasteiger partial charge >= 0.3 is 0 Å². The van der Waals surface area contributed by atoms with Crippen LogP contribution in [0.25, 0.3) is 0 Å². The van der Waals surface area contributed by atoms with Crippen LogP contribution in [-0.2, 0) is 5.75 Å². The Kier molecular flexibility index (Phi) is 6.51. The predicted octanol–water partition coefficient (Wildman–Crippen LogP) is 0.360. The third-order valence-corrected chi connectivity index (χ3v) is 3.25. The van der Waals surface area contributed by atoms with E-state index >= 15 is 0 Å². The topological polar surface area (TPSA) is 91.1 Å². The Morgan fingerprint density at radius 1 is 1.67 bits per heavy atom. The van der Waals surface area contributed by atoms with Crippen LogP contribution in [0.2, 0.25) is 0 Å². The lowest BCUT2D eigenvalue weighted by atomic mass is 10.4. The number of aromatic nitrogens is 2. The van der Waals surface area contributed by atoms with Crippen LogP contribution in [0.5, 0.6) is 0 Å². The Morgan fingerprint density at radius 3 is 3.00 bits per heavy atom. The molecular weight excluding hydrogens is 268 g/mol. The molecule has 1 aromatic rings. The molecule has 0 aliphatic rings. The normalized spacial score (nSPS) is 11.3. The SMILES string of the molecule is CNC(=NC(N)=S)NCCSCc1[nH]cnc1C. The predicted molar refractivity (Wildman–Crippen MR) is 80.8 cm³/mol. The maximum absolute atomic E-state index is 5.33. The summed E-state index contributed by atoms with van der Waals surface area (Å²) in [6, 6.07) is 0. The van der Waals surface area contributed by atoms with Crippen molar-refractivity contribution in [3.8, 4) is 0 Å². The first-order valence-electron chi connectivity index (χ1n) is 5.49. The minimum atomic E-state index is 0.118. The molecule has 6 nitrogen and oxygen atoms in total. The fourth-order valence-electron chi connectivity index (χ4n) is 1.25. The number of nitrogens with one attached hydrogen (secondary N) is 3. The zero-order chi connectivity index (χ0) is 13.4. The fourth-order valence-corrected chi connectivity index (χ4v) is 2.22. The number of nitrogens with two attached hydrogens (primary N) is 1. The van der Waals surface area contributed by atoms with Crippen molar-refractivity contribution in [1.82, 2.24) is 20.6 Å². The number of aromatic amines is 1. The number of thioether (sulfide) groups is 1. The summed E-state index contributed by atoms with van der Waals surface area (Å²) >= 11 is 6.52. The zero-order valence-electron chi connectivity index (χ0n) is 10.5. The highest BCUT2D eigenvalue weighted by atomic mass is 32.2. The van der Waals surface area contributed by atoms with Crippen molar-refractivity contribution in [1.29, 1.82) is 0 Å². The molecule has 0 aliphatic heterocycles. The fraction of sp³-hybridized carbons (Fsp3) is 0.500. The summed E-state index contributed by atoms with van der Waals surface area (Å²) in [5, 5.41) is 6.13. The molecule has 0 radical (unpaired) electrons. The second-order valence-corrected chi connectivity index (χ2v) is 5.02. The highest BCUT2D eigenvalue weighted by Gasteiger charge is 2.00. The van der Waals surface area contributed by atoms with E-state index in [-0.39, 0.29) is 5.11 Å². The third kappa shape index (κ3) is 5.37. The van der Waals surface area contributed by atoms with Gasteiger partial charge in [0.15, 0.2) is 11.1 Å². The van der Waals surface area contributed by atoms with Crippen molar-refractivity contribution >= 4 is 35.1 Å². The Bertz CT molecular complexity index is 414. The standard InChI is InChI=1S/C10H18N6S2/c1-7-8(15-6-14-7)5-18-4-3-13-10(12-2)16-9(11)17/h6H,3-5H2,1-2H3,(H,14,15)(H4,11,12,13,16,17). The van der Waals surface area contributed by atoms with Gasteiger partial charge in [0.1, 0.15) is 0 Å². The van der Waals surface area contributed by atoms with Gasteiger partial charge in [0.2, 0.25) is 0 Å². The average Bonchev–Trinajstić information content (AvgIpc) is 2.72. The largest absolute Gasteiger partial charge is 0.374 e. The van der Waals surface area contributed by atoms with Crippen LogP contribution in [-0.4, -0.2) is 40.4 Å². The maximum Gasteiger partial charge on any atom is 0.198 e. The third-order valence-electron chi connectivity index (χ3n) is 2.18. The Balaban J connectivity index is 2.19. The van der Waals surface area contributed by atoms with Gasteiger partial charge in [0.25, 0.3) is 0 Å². The van der Waals surface area contributed by atoms with Crippen molar-refractivity contribution in [2.24, 2.45) is 10.7 Å². The number of H-pyrrole nitrogens is 1. The van der Waals surface area contributed by atoms with Crippen molar-refractivity contribution in [2.75, 3.05) is 19.3 Å². The van der Waals surface area contributed by atoms with Crippen molar-refractivity contribution in [2.45, 2.75) is 12.7 Å². The summed E-state index contributed by atoms with van der Waals surface area (Å²) in [5.74, 6) is 2.48. The molecule has 0 saturated heterocycles. The molecule has 0 aliphatic carbocycles. The molecule has 0 bridgehead atoms. The molecule has 0 unspecified atom stereocenters. The van der Waals surface area contributed by atoms with Gasteiger partial charge in [-0.2, -0.15) is 16.8 Å². The number of rotatable bonds is 5. The lowest BCUT2D eigenvalue weighted by Gasteiger charge is -2.08. The van der Waals surface area contributed by atoms with E-state index in [2.05, 4.69) is 25.6 Å². The second-order valence-electron chi connectivity index (χ2n) is 3.49. The van der Waals surface area contributed by atoms with Crippen LogP contribution in [0, 0.1) is 6.92 Å². The van der Waals surface area contributed by atoms with Crippen LogP contribution in [0.15, 0.2) is 11.3 Å². The van der Waals surface area contributed by atoms with E-state index < -0.39 is 0 Å². The molecule has 5 N–H and O–H groups in total. The summed E-state index contributed by atoms with van der Waals surface area (Å²) in [6.07, 6.45) is 1.72. The first-order valence-corrected chi connectivity index (χ1v) is 7.06. The summed E-state index contributed by atoms with van der Waals surface area (Å²) < 4.78 is 0. The molecule has 0 atom stereocenters. The number of aliphatic imine (C=N–C) groups is 1. The van der Waals surface area contributed by atoms with Crippen LogP contribution in [0.4, 0.5) is 0 Å². The average molecular weight is 286 g/mol. The number of hydrogen-bond acceptors (Lipinski definition) is 3. The molecule has 1 heterocycles. The van der Waals surface area contributed by atoms with Crippen LogP contribution in [0.3, 0.4) is 0 Å². The quantitative estimate of drug-likeness (QED) is 0.270. The van der Waals surface area contributed by atoms with Gasteiger partial charge in [0.05, 0.1) is 12.0 Å².